The van der Waals surface area contributed by atoms with Crippen molar-refractivity contribution in [1.82, 2.24) is 9.97 Å². The minimum Gasteiger partial charge on any atom is -0.478 e. The van der Waals surface area contributed by atoms with Gasteiger partial charge in [-0.05, 0) is 73.5 Å². The van der Waals surface area contributed by atoms with Crippen molar-refractivity contribution in [3.63, 3.8) is 0 Å². The van der Waals surface area contributed by atoms with Crippen LogP contribution in [0.2, 0.25) is 0 Å². The second kappa shape index (κ2) is 9.70. The van der Waals surface area contributed by atoms with E-state index in [1.807, 2.05) is 32.0 Å². The second-order valence-corrected chi connectivity index (χ2v) is 10.8. The average molecular weight is 518 g/mol. The van der Waals surface area contributed by atoms with Gasteiger partial charge in [0.15, 0.2) is 0 Å². The number of nitrogens with zero attached hydrogens (tertiary/aromatic N) is 4. The molecule has 2 aromatic carbocycles. The molecular weight excluding hydrogens is 490 g/mol. The predicted molar refractivity (Wildman–Crippen MR) is 144 cm³/mol. The van der Waals surface area contributed by atoms with E-state index < -0.39 is 16.0 Å². The zero-order valence-electron chi connectivity index (χ0n) is 20.5. The summed E-state index contributed by atoms with van der Waals surface area (Å²) < 4.78 is 28.5. The van der Waals surface area contributed by atoms with Crippen LogP contribution in [0.4, 0.5) is 17.3 Å². The van der Waals surface area contributed by atoms with Gasteiger partial charge in [0.2, 0.25) is 0 Å². The summed E-state index contributed by atoms with van der Waals surface area (Å²) in [6.07, 6.45) is 1.77. The molecule has 0 saturated carbocycles. The monoisotopic (exact) mass is 517 g/mol. The van der Waals surface area contributed by atoms with Gasteiger partial charge >= 0.3 is 5.97 Å². The third-order valence-corrected chi connectivity index (χ3v) is 8.02. The first kappa shape index (κ1) is 24.5. The number of aryl methyl sites for hydroxylation is 2. The molecular formula is C27H27N5O4S. The molecule has 0 spiro atoms. The molecule has 0 unspecified atom stereocenters. The molecule has 9 nitrogen and oxygen atoms in total. The van der Waals surface area contributed by atoms with E-state index >= 15 is 0 Å². The number of hydrogen-bond donors (Lipinski definition) is 2. The number of hydrogen-bond acceptors (Lipinski definition) is 7. The normalized spacial score (nSPS) is 14.1. The zero-order chi connectivity index (χ0) is 26.2. The molecule has 3 heterocycles. The van der Waals surface area contributed by atoms with Crippen LogP contribution in [0.3, 0.4) is 0 Å². The van der Waals surface area contributed by atoms with Crippen LogP contribution >= 0.6 is 0 Å². The van der Waals surface area contributed by atoms with Crippen LogP contribution in [-0.4, -0.2) is 55.6 Å². The fraction of sp³-hybridized carbons (Fsp3) is 0.222. The van der Waals surface area contributed by atoms with E-state index in [0.29, 0.717) is 29.8 Å². The number of piperazine rings is 1. The lowest BCUT2D eigenvalue weighted by molar-refractivity contribution is 0.0699. The SMILES string of the molecule is Cc1ccc(S(=O)(=O)Nc2ccc3nc(N4CCN(c5ccccn5)CC4)cc(C(=O)O)c3c2)cc1C. The van der Waals surface area contributed by atoms with Crippen LogP contribution in [-0.2, 0) is 10.0 Å². The highest BCUT2D eigenvalue weighted by atomic mass is 32.2. The number of rotatable bonds is 6. The first-order valence-corrected chi connectivity index (χ1v) is 13.4. The predicted octanol–water partition coefficient (Wildman–Crippen LogP) is 4.07. The van der Waals surface area contributed by atoms with Gasteiger partial charge in [-0.15, -0.1) is 0 Å². The van der Waals surface area contributed by atoms with E-state index in [0.717, 1.165) is 30.0 Å². The Balaban J connectivity index is 1.41. The summed E-state index contributed by atoms with van der Waals surface area (Å²) in [7, 11) is -3.84. The topological polar surface area (TPSA) is 116 Å². The Kier molecular flexibility index (Phi) is 6.43. The van der Waals surface area contributed by atoms with E-state index in [9.17, 15) is 18.3 Å². The summed E-state index contributed by atoms with van der Waals surface area (Å²) in [4.78, 5) is 25.7. The van der Waals surface area contributed by atoms with Crippen LogP contribution < -0.4 is 14.5 Å². The molecule has 190 valence electrons. The number of carbonyl (C=O) groups is 1. The van der Waals surface area contributed by atoms with Gasteiger partial charge in [-0.2, -0.15) is 0 Å². The van der Waals surface area contributed by atoms with Gasteiger partial charge in [0.25, 0.3) is 10.0 Å². The number of aromatic carboxylic acids is 1. The fourth-order valence-electron chi connectivity index (χ4n) is 4.41. The van der Waals surface area contributed by atoms with Crippen molar-refractivity contribution in [3.8, 4) is 0 Å². The van der Waals surface area contributed by atoms with Crippen LogP contribution in [0.25, 0.3) is 10.9 Å². The van der Waals surface area contributed by atoms with Crippen molar-refractivity contribution in [2.45, 2.75) is 18.7 Å². The van der Waals surface area contributed by atoms with E-state index in [1.165, 1.54) is 6.07 Å². The standard InChI is InChI=1S/C27H27N5O4S/c1-18-6-8-21(15-19(18)2)37(35,36)30-20-7-9-24-22(16-20)23(27(33)34)17-26(29-24)32-13-11-31(12-14-32)25-5-3-4-10-28-25/h3-10,15-17,30H,11-14H2,1-2H3,(H,33,34). The Bertz CT molecular complexity index is 1580. The number of anilines is 3. The number of benzene rings is 2. The highest BCUT2D eigenvalue weighted by Gasteiger charge is 2.22. The molecule has 1 aliphatic rings. The fourth-order valence-corrected chi connectivity index (χ4v) is 5.55. The molecule has 0 bridgehead atoms. The third-order valence-electron chi connectivity index (χ3n) is 6.64. The van der Waals surface area contributed by atoms with Crippen LogP contribution in [0.1, 0.15) is 21.5 Å². The minimum absolute atomic E-state index is 0.0689. The molecule has 0 radical (unpaired) electrons. The summed E-state index contributed by atoms with van der Waals surface area (Å²) in [5.74, 6) is 0.389. The number of nitrogens with one attached hydrogen (secondary N) is 1. The number of carboxylic acid groups (broad SMARTS) is 1. The maximum absolute atomic E-state index is 13.0. The van der Waals surface area contributed by atoms with Crippen molar-refractivity contribution >= 4 is 44.2 Å². The number of sulfonamides is 1. The molecule has 37 heavy (non-hydrogen) atoms. The Hall–Kier alpha value is -4.18. The Labute approximate surface area is 215 Å². The molecule has 1 saturated heterocycles. The summed E-state index contributed by atoms with van der Waals surface area (Å²) in [5.41, 5.74) is 2.69. The summed E-state index contributed by atoms with van der Waals surface area (Å²) >= 11 is 0. The van der Waals surface area contributed by atoms with Gasteiger partial charge in [0.05, 0.1) is 16.0 Å². The summed E-state index contributed by atoms with van der Waals surface area (Å²) in [6, 6.07) is 17.1. The maximum atomic E-state index is 13.0. The number of aromatic nitrogens is 2. The van der Waals surface area contributed by atoms with E-state index in [4.69, 9.17) is 4.98 Å². The summed E-state index contributed by atoms with van der Waals surface area (Å²) in [5, 5.41) is 10.3. The molecule has 4 aromatic rings. The first-order valence-electron chi connectivity index (χ1n) is 11.9. The van der Waals surface area contributed by atoms with Gasteiger partial charge in [-0.25, -0.2) is 23.2 Å². The van der Waals surface area contributed by atoms with Crippen molar-refractivity contribution in [2.75, 3.05) is 40.7 Å². The average Bonchev–Trinajstić information content (AvgIpc) is 2.90. The number of carboxylic acids is 1. The van der Waals surface area contributed by atoms with Gasteiger partial charge in [0.1, 0.15) is 11.6 Å². The number of pyridine rings is 2. The zero-order valence-corrected chi connectivity index (χ0v) is 21.4. The molecule has 0 amide bonds. The lowest BCUT2D eigenvalue weighted by Gasteiger charge is -2.36. The van der Waals surface area contributed by atoms with Gasteiger partial charge in [-0.1, -0.05) is 12.1 Å². The Morgan fingerprint density at radius 1 is 0.892 bits per heavy atom. The summed E-state index contributed by atoms with van der Waals surface area (Å²) in [6.45, 7) is 6.57. The highest BCUT2D eigenvalue weighted by molar-refractivity contribution is 7.92. The molecule has 1 fully saturated rings. The van der Waals surface area contributed by atoms with E-state index in [1.54, 1.807) is 42.6 Å². The Morgan fingerprint density at radius 3 is 2.27 bits per heavy atom. The van der Waals surface area contributed by atoms with Crippen LogP contribution in [0, 0.1) is 13.8 Å². The van der Waals surface area contributed by atoms with Crippen molar-refractivity contribution in [3.05, 3.63) is 83.6 Å². The molecule has 2 aromatic heterocycles. The van der Waals surface area contributed by atoms with Crippen LogP contribution in [0.15, 0.2) is 71.8 Å². The maximum Gasteiger partial charge on any atom is 0.336 e. The van der Waals surface area contributed by atoms with Crippen LogP contribution in [0.5, 0.6) is 0 Å². The van der Waals surface area contributed by atoms with Gasteiger partial charge < -0.3 is 14.9 Å². The highest BCUT2D eigenvalue weighted by Crippen LogP contribution is 2.28. The quantitative estimate of drug-likeness (QED) is 0.393. The Morgan fingerprint density at radius 2 is 1.62 bits per heavy atom. The largest absolute Gasteiger partial charge is 0.478 e. The minimum atomic E-state index is -3.84. The number of fused-ring (bicyclic) bond motifs is 1. The second-order valence-electron chi connectivity index (χ2n) is 9.08. The third kappa shape index (κ3) is 5.05. The van der Waals surface area contributed by atoms with Crippen molar-refractivity contribution in [1.29, 1.82) is 0 Å². The lowest BCUT2D eigenvalue weighted by Crippen LogP contribution is -2.47. The van der Waals surface area contributed by atoms with E-state index in [2.05, 4.69) is 19.5 Å². The molecule has 10 heteroatoms. The smallest absolute Gasteiger partial charge is 0.336 e. The molecule has 2 N–H and O–H groups in total. The molecule has 5 rings (SSSR count). The van der Waals surface area contributed by atoms with Gasteiger partial charge in [-0.3, -0.25) is 4.72 Å². The van der Waals surface area contributed by atoms with Gasteiger partial charge in [0, 0.05) is 43.4 Å². The molecule has 1 aliphatic heterocycles. The first-order chi connectivity index (χ1) is 17.7. The molecule has 0 aliphatic carbocycles. The molecule has 0 atom stereocenters. The van der Waals surface area contributed by atoms with Crippen molar-refractivity contribution < 1.29 is 18.3 Å². The van der Waals surface area contributed by atoms with E-state index in [-0.39, 0.29) is 16.1 Å². The lowest BCUT2D eigenvalue weighted by atomic mass is 10.1. The van der Waals surface area contributed by atoms with Crippen molar-refractivity contribution in [2.24, 2.45) is 0 Å².